The molecule has 1 aliphatic rings. The number of fused-ring (bicyclic) bond motifs is 1. The van der Waals surface area contributed by atoms with Crippen LogP contribution in [0, 0.1) is 0 Å². The first-order valence-corrected chi connectivity index (χ1v) is 9.44. The largest absolute Gasteiger partial charge is 0.427 e. The van der Waals surface area contributed by atoms with Crippen LogP contribution in [0.1, 0.15) is 32.7 Å². The van der Waals surface area contributed by atoms with E-state index in [0.29, 0.717) is 34.0 Å². The maximum Gasteiger partial charge on any atom is 0.311 e. The molecule has 0 saturated heterocycles. The molecular formula is C23H16ClNO4. The van der Waals surface area contributed by atoms with Crippen molar-refractivity contribution in [1.29, 1.82) is 0 Å². The van der Waals surface area contributed by atoms with Gasteiger partial charge in [-0.25, -0.2) is 4.90 Å². The summed E-state index contributed by atoms with van der Waals surface area (Å²) in [7, 11) is 0. The van der Waals surface area contributed by atoms with Gasteiger partial charge >= 0.3 is 5.97 Å². The van der Waals surface area contributed by atoms with Crippen LogP contribution in [0.5, 0.6) is 5.75 Å². The van der Waals surface area contributed by atoms with Crippen molar-refractivity contribution in [3.05, 3.63) is 94.5 Å². The lowest BCUT2D eigenvalue weighted by atomic mass is 10.1. The van der Waals surface area contributed by atoms with Crippen LogP contribution in [0.25, 0.3) is 0 Å². The van der Waals surface area contributed by atoms with Crippen LogP contribution in [0.2, 0.25) is 5.02 Å². The quantitative estimate of drug-likeness (QED) is 0.351. The predicted octanol–water partition coefficient (Wildman–Crippen LogP) is 4.68. The number of benzene rings is 3. The number of amides is 2. The van der Waals surface area contributed by atoms with Crippen LogP contribution in [0.3, 0.4) is 0 Å². The van der Waals surface area contributed by atoms with Crippen LogP contribution in [-0.4, -0.2) is 17.8 Å². The monoisotopic (exact) mass is 405 g/mol. The molecule has 29 heavy (non-hydrogen) atoms. The normalized spacial score (nSPS) is 12.8. The Balaban J connectivity index is 1.40. The summed E-state index contributed by atoms with van der Waals surface area (Å²) >= 11 is 5.94. The number of carbonyl (C=O) groups excluding carboxylic acids is 3. The highest BCUT2D eigenvalue weighted by atomic mass is 35.5. The molecule has 1 aliphatic heterocycles. The smallest absolute Gasteiger partial charge is 0.311 e. The fourth-order valence-electron chi connectivity index (χ4n) is 3.21. The first-order valence-electron chi connectivity index (χ1n) is 9.06. The predicted molar refractivity (Wildman–Crippen MR) is 109 cm³/mol. The molecule has 2 amide bonds. The SMILES string of the molecule is O=C(CCc1cccc(Cl)c1)Oc1ccc(N2C(=O)c3ccccc3C2=O)cc1. The van der Waals surface area contributed by atoms with Gasteiger partial charge in [-0.15, -0.1) is 0 Å². The van der Waals surface area contributed by atoms with Crippen LogP contribution in [0.15, 0.2) is 72.8 Å². The van der Waals surface area contributed by atoms with Gasteiger partial charge < -0.3 is 4.74 Å². The third-order valence-corrected chi connectivity index (χ3v) is 4.86. The highest BCUT2D eigenvalue weighted by Crippen LogP contribution is 2.29. The molecular weight excluding hydrogens is 390 g/mol. The van der Waals surface area contributed by atoms with E-state index in [1.165, 1.54) is 0 Å². The van der Waals surface area contributed by atoms with Gasteiger partial charge in [0.1, 0.15) is 5.75 Å². The summed E-state index contributed by atoms with van der Waals surface area (Å²) in [4.78, 5) is 38.3. The molecule has 6 heteroatoms. The van der Waals surface area contributed by atoms with E-state index in [0.717, 1.165) is 10.5 Å². The molecule has 0 spiro atoms. The first kappa shape index (κ1) is 18.9. The van der Waals surface area contributed by atoms with E-state index in [9.17, 15) is 14.4 Å². The summed E-state index contributed by atoms with van der Waals surface area (Å²) in [6.07, 6.45) is 0.729. The minimum absolute atomic E-state index is 0.209. The van der Waals surface area contributed by atoms with Crippen molar-refractivity contribution in [3.8, 4) is 5.75 Å². The fraction of sp³-hybridized carbons (Fsp3) is 0.0870. The van der Waals surface area contributed by atoms with E-state index < -0.39 is 0 Å². The van der Waals surface area contributed by atoms with Crippen molar-refractivity contribution in [2.75, 3.05) is 4.90 Å². The summed E-state index contributed by atoms with van der Waals surface area (Å²) < 4.78 is 5.34. The Labute approximate surface area is 172 Å². The molecule has 144 valence electrons. The Kier molecular flexibility index (Phi) is 5.14. The molecule has 4 rings (SSSR count). The fourth-order valence-corrected chi connectivity index (χ4v) is 3.42. The second-order valence-electron chi connectivity index (χ2n) is 6.59. The Morgan fingerprint density at radius 1 is 0.862 bits per heavy atom. The average Bonchev–Trinajstić information content (AvgIpc) is 2.98. The highest BCUT2D eigenvalue weighted by molar-refractivity contribution is 6.34. The van der Waals surface area contributed by atoms with Crippen molar-refractivity contribution in [1.82, 2.24) is 0 Å². The van der Waals surface area contributed by atoms with Crippen molar-refractivity contribution < 1.29 is 19.1 Å². The topological polar surface area (TPSA) is 63.7 Å². The minimum Gasteiger partial charge on any atom is -0.427 e. The number of hydrogen-bond acceptors (Lipinski definition) is 4. The van der Waals surface area contributed by atoms with Gasteiger partial charge in [-0.05, 0) is 60.5 Å². The molecule has 3 aromatic rings. The molecule has 1 heterocycles. The molecule has 0 atom stereocenters. The third kappa shape index (κ3) is 3.91. The maximum absolute atomic E-state index is 12.5. The number of anilines is 1. The van der Waals surface area contributed by atoms with E-state index >= 15 is 0 Å². The number of rotatable bonds is 5. The Morgan fingerprint density at radius 2 is 1.52 bits per heavy atom. The number of esters is 1. The zero-order valence-corrected chi connectivity index (χ0v) is 16.1. The summed E-state index contributed by atoms with van der Waals surface area (Å²) in [5.74, 6) is -0.756. The zero-order chi connectivity index (χ0) is 20.4. The van der Waals surface area contributed by atoms with Crippen molar-refractivity contribution in [2.45, 2.75) is 12.8 Å². The Hall–Kier alpha value is -3.44. The van der Waals surface area contributed by atoms with E-state index in [1.54, 1.807) is 54.6 Å². The lowest BCUT2D eigenvalue weighted by Crippen LogP contribution is -2.29. The van der Waals surface area contributed by atoms with E-state index in [1.807, 2.05) is 18.2 Å². The van der Waals surface area contributed by atoms with Crippen LogP contribution < -0.4 is 9.64 Å². The molecule has 0 saturated carbocycles. The number of nitrogens with zero attached hydrogens (tertiary/aromatic N) is 1. The molecule has 0 fully saturated rings. The zero-order valence-electron chi connectivity index (χ0n) is 15.3. The highest BCUT2D eigenvalue weighted by Gasteiger charge is 2.36. The van der Waals surface area contributed by atoms with E-state index in [4.69, 9.17) is 16.3 Å². The average molecular weight is 406 g/mol. The second kappa shape index (κ2) is 7.89. The number of halogens is 1. The maximum atomic E-state index is 12.5. The van der Waals surface area contributed by atoms with Gasteiger partial charge in [0, 0.05) is 11.4 Å². The van der Waals surface area contributed by atoms with Gasteiger partial charge in [0.2, 0.25) is 0 Å². The number of ether oxygens (including phenoxy) is 1. The van der Waals surface area contributed by atoms with E-state index in [2.05, 4.69) is 0 Å². The summed E-state index contributed by atoms with van der Waals surface area (Å²) in [6.45, 7) is 0. The van der Waals surface area contributed by atoms with Gasteiger partial charge in [-0.2, -0.15) is 0 Å². The molecule has 0 bridgehead atoms. The van der Waals surface area contributed by atoms with Crippen molar-refractivity contribution in [2.24, 2.45) is 0 Å². The minimum atomic E-state index is -0.376. The van der Waals surface area contributed by atoms with Crippen LogP contribution in [0.4, 0.5) is 5.69 Å². The van der Waals surface area contributed by atoms with Crippen molar-refractivity contribution in [3.63, 3.8) is 0 Å². The van der Waals surface area contributed by atoms with E-state index in [-0.39, 0.29) is 24.2 Å². The van der Waals surface area contributed by atoms with Gasteiger partial charge in [-0.1, -0.05) is 35.9 Å². The lowest BCUT2D eigenvalue weighted by Gasteiger charge is -2.14. The molecule has 5 nitrogen and oxygen atoms in total. The molecule has 3 aromatic carbocycles. The van der Waals surface area contributed by atoms with Gasteiger partial charge in [-0.3, -0.25) is 14.4 Å². The standard InChI is InChI=1S/C23H16ClNO4/c24-16-5-3-4-15(14-16)8-13-21(26)29-18-11-9-17(10-12-18)25-22(27)19-6-1-2-7-20(19)23(25)28/h1-7,9-12,14H,8,13H2. The lowest BCUT2D eigenvalue weighted by molar-refractivity contribution is -0.134. The van der Waals surface area contributed by atoms with Crippen molar-refractivity contribution >= 4 is 35.1 Å². The summed E-state index contributed by atoms with van der Waals surface area (Å²) in [5.41, 5.74) is 2.15. The van der Waals surface area contributed by atoms with Crippen LogP contribution >= 0.6 is 11.6 Å². The Bertz CT molecular complexity index is 1070. The van der Waals surface area contributed by atoms with Gasteiger partial charge in [0.15, 0.2) is 0 Å². The third-order valence-electron chi connectivity index (χ3n) is 4.63. The molecule has 0 radical (unpaired) electrons. The molecule has 0 unspecified atom stereocenters. The number of imide groups is 1. The number of carbonyl (C=O) groups is 3. The Morgan fingerprint density at radius 3 is 2.14 bits per heavy atom. The number of hydrogen-bond donors (Lipinski definition) is 0. The molecule has 0 aliphatic carbocycles. The molecule has 0 N–H and O–H groups in total. The first-order chi connectivity index (χ1) is 14.0. The van der Waals surface area contributed by atoms with Crippen LogP contribution in [-0.2, 0) is 11.2 Å². The molecule has 0 aromatic heterocycles. The number of aryl methyl sites for hydroxylation is 1. The van der Waals surface area contributed by atoms with Gasteiger partial charge in [0.25, 0.3) is 11.8 Å². The summed E-state index contributed by atoms with van der Waals surface area (Å²) in [5, 5.41) is 0.625. The second-order valence-corrected chi connectivity index (χ2v) is 7.03. The van der Waals surface area contributed by atoms with Gasteiger partial charge in [0.05, 0.1) is 16.8 Å². The summed E-state index contributed by atoms with van der Waals surface area (Å²) in [6, 6.07) is 20.3.